The Labute approximate surface area is 154 Å². The lowest BCUT2D eigenvalue weighted by molar-refractivity contribution is -0.151. The topological polar surface area (TPSA) is 116 Å². The number of hydrogen-bond donors (Lipinski definition) is 2. The fraction of sp³-hybridized carbons (Fsp3) is 0.333. The number of imidazole rings is 1. The minimum absolute atomic E-state index is 0.115. The highest BCUT2D eigenvalue weighted by atomic mass is 16.5. The Morgan fingerprint density at radius 1 is 1.41 bits per heavy atom. The number of carbonyl (C=O) groups is 3. The van der Waals surface area contributed by atoms with E-state index in [9.17, 15) is 19.5 Å². The summed E-state index contributed by atoms with van der Waals surface area (Å²) in [7, 11) is 0. The number of carboxylic acid groups (broad SMARTS) is 1. The van der Waals surface area contributed by atoms with Gasteiger partial charge in [-0.15, -0.1) is 0 Å². The van der Waals surface area contributed by atoms with E-state index in [0.717, 1.165) is 5.56 Å². The van der Waals surface area contributed by atoms with Gasteiger partial charge < -0.3 is 19.7 Å². The first kappa shape index (κ1) is 17.1. The molecule has 0 fully saturated rings. The van der Waals surface area contributed by atoms with Gasteiger partial charge in [0.1, 0.15) is 18.3 Å². The molecule has 0 spiro atoms. The lowest BCUT2D eigenvalue weighted by Crippen LogP contribution is -2.53. The average Bonchev–Trinajstić information content (AvgIpc) is 3.10. The highest BCUT2D eigenvalue weighted by Gasteiger charge is 2.38. The van der Waals surface area contributed by atoms with Crippen LogP contribution in [0.5, 0.6) is 5.75 Å². The van der Waals surface area contributed by atoms with Crippen LogP contribution in [0.2, 0.25) is 0 Å². The smallest absolute Gasteiger partial charge is 0.326 e. The zero-order valence-electron chi connectivity index (χ0n) is 14.6. The number of H-pyrrole nitrogens is 1. The number of carbonyl (C=O) groups excluding carboxylic acids is 2. The van der Waals surface area contributed by atoms with Gasteiger partial charge in [-0.05, 0) is 24.6 Å². The lowest BCUT2D eigenvalue weighted by Gasteiger charge is -2.35. The molecule has 0 bridgehead atoms. The number of aliphatic carboxylic acids is 1. The fourth-order valence-corrected chi connectivity index (χ4v) is 3.43. The molecule has 9 nitrogen and oxygen atoms in total. The Morgan fingerprint density at radius 2 is 2.22 bits per heavy atom. The molecular formula is C18H18N4O5. The molecule has 0 radical (unpaired) electrons. The Hall–Kier alpha value is -3.36. The van der Waals surface area contributed by atoms with Gasteiger partial charge in [-0.1, -0.05) is 6.07 Å². The molecule has 140 valence electrons. The van der Waals surface area contributed by atoms with E-state index in [1.165, 1.54) is 16.1 Å². The van der Waals surface area contributed by atoms with Crippen LogP contribution in [0.15, 0.2) is 24.5 Å². The van der Waals surface area contributed by atoms with Crippen LogP contribution in [-0.2, 0) is 27.3 Å². The molecule has 3 heterocycles. The first-order valence-corrected chi connectivity index (χ1v) is 8.51. The van der Waals surface area contributed by atoms with Crippen LogP contribution in [0.25, 0.3) is 0 Å². The van der Waals surface area contributed by atoms with Crippen LogP contribution in [0.3, 0.4) is 0 Å². The fourth-order valence-electron chi connectivity index (χ4n) is 3.43. The first-order chi connectivity index (χ1) is 12.9. The van der Waals surface area contributed by atoms with E-state index in [-0.39, 0.29) is 32.0 Å². The summed E-state index contributed by atoms with van der Waals surface area (Å²) in [6, 6.07) is 4.38. The van der Waals surface area contributed by atoms with E-state index in [0.29, 0.717) is 22.8 Å². The summed E-state index contributed by atoms with van der Waals surface area (Å²) in [6.45, 7) is 1.59. The molecule has 1 atom stereocenters. The van der Waals surface area contributed by atoms with Gasteiger partial charge in [0.05, 0.1) is 29.9 Å². The van der Waals surface area contributed by atoms with Crippen molar-refractivity contribution in [1.29, 1.82) is 0 Å². The summed E-state index contributed by atoms with van der Waals surface area (Å²) in [6.07, 6.45) is 1.62. The number of ether oxygens (including phenoxy) is 1. The Bertz CT molecular complexity index is 938. The van der Waals surface area contributed by atoms with Crippen LogP contribution in [0.1, 0.15) is 17.0 Å². The second kappa shape index (κ2) is 6.42. The molecule has 2 aromatic rings. The van der Waals surface area contributed by atoms with Gasteiger partial charge in [0.15, 0.2) is 6.61 Å². The molecule has 9 heteroatoms. The molecule has 1 aromatic heterocycles. The predicted molar refractivity (Wildman–Crippen MR) is 93.3 cm³/mol. The van der Waals surface area contributed by atoms with Gasteiger partial charge in [0.25, 0.3) is 5.91 Å². The van der Waals surface area contributed by atoms with Crippen molar-refractivity contribution in [1.82, 2.24) is 14.9 Å². The number of fused-ring (bicyclic) bond motifs is 2. The molecule has 2 N–H and O–H groups in total. The molecule has 4 rings (SSSR count). The minimum Gasteiger partial charge on any atom is -0.482 e. The SMILES string of the molecule is Cc1ccc2c(c1)N(CC(=O)N1Cc3[nH]cnc3C[C@H]1C(=O)O)C(=O)CO2. The third kappa shape index (κ3) is 3.01. The van der Waals surface area contributed by atoms with Gasteiger partial charge in [-0.25, -0.2) is 9.78 Å². The molecule has 0 unspecified atom stereocenters. The molecule has 0 saturated carbocycles. The van der Waals surface area contributed by atoms with Crippen molar-refractivity contribution >= 4 is 23.5 Å². The number of nitrogens with zero attached hydrogens (tertiary/aromatic N) is 3. The summed E-state index contributed by atoms with van der Waals surface area (Å²) in [5, 5.41) is 9.54. The summed E-state index contributed by atoms with van der Waals surface area (Å²) in [4.78, 5) is 46.7. The highest BCUT2D eigenvalue weighted by molar-refractivity contribution is 6.02. The third-order valence-corrected chi connectivity index (χ3v) is 4.86. The molecule has 0 aliphatic carbocycles. The molecule has 1 aromatic carbocycles. The number of rotatable bonds is 3. The predicted octanol–water partition coefficient (Wildman–Crippen LogP) is 0.482. The number of anilines is 1. The van der Waals surface area contributed by atoms with Crippen LogP contribution in [0, 0.1) is 6.92 Å². The Kier molecular flexibility index (Phi) is 4.06. The van der Waals surface area contributed by atoms with Crippen molar-refractivity contribution in [3.8, 4) is 5.75 Å². The van der Waals surface area contributed by atoms with Crippen molar-refractivity contribution in [3.05, 3.63) is 41.5 Å². The largest absolute Gasteiger partial charge is 0.482 e. The summed E-state index contributed by atoms with van der Waals surface area (Å²) < 4.78 is 5.42. The van der Waals surface area contributed by atoms with Crippen molar-refractivity contribution in [2.24, 2.45) is 0 Å². The van der Waals surface area contributed by atoms with Crippen LogP contribution in [-0.4, -0.2) is 57.0 Å². The number of benzene rings is 1. The number of nitrogens with one attached hydrogen (secondary N) is 1. The van der Waals surface area contributed by atoms with Crippen LogP contribution >= 0.6 is 0 Å². The van der Waals surface area contributed by atoms with Gasteiger partial charge in [-0.2, -0.15) is 0 Å². The van der Waals surface area contributed by atoms with Gasteiger partial charge >= 0.3 is 5.97 Å². The summed E-state index contributed by atoms with van der Waals surface area (Å²) >= 11 is 0. The quantitative estimate of drug-likeness (QED) is 0.812. The average molecular weight is 370 g/mol. The molecule has 27 heavy (non-hydrogen) atoms. The molecule has 0 saturated heterocycles. The lowest BCUT2D eigenvalue weighted by atomic mass is 10.0. The maximum Gasteiger partial charge on any atom is 0.326 e. The number of carboxylic acids is 1. The maximum atomic E-state index is 12.9. The number of aryl methyl sites for hydroxylation is 1. The van der Waals surface area contributed by atoms with E-state index in [2.05, 4.69) is 9.97 Å². The van der Waals surface area contributed by atoms with Crippen molar-refractivity contribution in [3.63, 3.8) is 0 Å². The van der Waals surface area contributed by atoms with E-state index in [1.54, 1.807) is 12.1 Å². The van der Waals surface area contributed by atoms with Crippen LogP contribution in [0.4, 0.5) is 5.69 Å². The summed E-state index contributed by atoms with van der Waals surface area (Å²) in [5.74, 6) is -1.35. The van der Waals surface area contributed by atoms with Crippen molar-refractivity contribution < 1.29 is 24.2 Å². The number of hydrogen-bond acceptors (Lipinski definition) is 5. The van der Waals surface area contributed by atoms with Crippen molar-refractivity contribution in [2.75, 3.05) is 18.1 Å². The Morgan fingerprint density at radius 3 is 3.00 bits per heavy atom. The maximum absolute atomic E-state index is 12.9. The number of aromatic amines is 1. The Balaban J connectivity index is 1.61. The normalized spacial score (nSPS) is 18.6. The molecular weight excluding hydrogens is 352 g/mol. The molecule has 2 amide bonds. The standard InChI is InChI=1S/C18H18N4O5/c1-10-2-3-15-13(4-10)22(17(24)8-27-15)7-16(23)21-6-12-11(19-9-20-12)5-14(21)18(25)26/h2-4,9,14H,5-8H2,1H3,(H,19,20)(H,25,26)/t14-/m0/s1. The zero-order chi connectivity index (χ0) is 19.1. The third-order valence-electron chi connectivity index (χ3n) is 4.86. The van der Waals surface area contributed by atoms with Gasteiger partial charge in [0, 0.05) is 6.42 Å². The second-order valence-corrected chi connectivity index (χ2v) is 6.65. The monoisotopic (exact) mass is 370 g/mol. The van der Waals surface area contributed by atoms with Crippen LogP contribution < -0.4 is 9.64 Å². The number of aromatic nitrogens is 2. The van der Waals surface area contributed by atoms with E-state index >= 15 is 0 Å². The van der Waals surface area contributed by atoms with E-state index in [1.807, 2.05) is 13.0 Å². The summed E-state index contributed by atoms with van der Waals surface area (Å²) in [5.41, 5.74) is 2.80. The minimum atomic E-state index is -1.10. The van der Waals surface area contributed by atoms with Gasteiger partial charge in [0.2, 0.25) is 5.91 Å². The van der Waals surface area contributed by atoms with E-state index in [4.69, 9.17) is 4.74 Å². The van der Waals surface area contributed by atoms with Gasteiger partial charge in [-0.3, -0.25) is 14.5 Å². The van der Waals surface area contributed by atoms with E-state index < -0.39 is 17.9 Å². The second-order valence-electron chi connectivity index (χ2n) is 6.65. The first-order valence-electron chi connectivity index (χ1n) is 8.51. The molecule has 2 aliphatic rings. The molecule has 2 aliphatic heterocycles. The van der Waals surface area contributed by atoms with Crippen molar-refractivity contribution in [2.45, 2.75) is 25.9 Å². The zero-order valence-corrected chi connectivity index (χ0v) is 14.6. The highest BCUT2D eigenvalue weighted by Crippen LogP contribution is 2.33. The number of amides is 2.